The van der Waals surface area contributed by atoms with Gasteiger partial charge in [-0.15, -0.1) is 10.2 Å². The first-order chi connectivity index (χ1) is 8.61. The van der Waals surface area contributed by atoms with E-state index in [4.69, 9.17) is 5.11 Å². The summed E-state index contributed by atoms with van der Waals surface area (Å²) in [6.45, 7) is 0. The molecule has 1 heterocycles. The maximum absolute atomic E-state index is 13.7. The molecule has 1 aromatic heterocycles. The molecule has 1 aromatic carbocycles. The van der Waals surface area contributed by atoms with Gasteiger partial charge < -0.3 is 5.11 Å². The monoisotopic (exact) mass is 302 g/mol. The van der Waals surface area contributed by atoms with Crippen molar-refractivity contribution in [1.82, 2.24) is 10.2 Å². The van der Waals surface area contributed by atoms with Crippen molar-refractivity contribution in [3.05, 3.63) is 29.6 Å². The third-order valence-electron chi connectivity index (χ3n) is 1.95. The van der Waals surface area contributed by atoms with E-state index in [0.717, 1.165) is 16.1 Å². The average Bonchev–Trinajstić information content (AvgIpc) is 2.79. The average molecular weight is 302 g/mol. The topological polar surface area (TPSA) is 63.1 Å². The second-order valence-electron chi connectivity index (χ2n) is 3.06. The predicted octanol–water partition coefficient (Wildman–Crippen LogP) is 3.25. The molecule has 0 amide bonds. The smallest absolute Gasteiger partial charge is 0.336 e. The van der Waals surface area contributed by atoms with Crippen molar-refractivity contribution >= 4 is 40.8 Å². The molecule has 0 aliphatic rings. The van der Waals surface area contributed by atoms with Crippen LogP contribution < -0.4 is 0 Å². The summed E-state index contributed by atoms with van der Waals surface area (Å²) in [6, 6.07) is 3.96. The van der Waals surface area contributed by atoms with Crippen LogP contribution in [0.3, 0.4) is 0 Å². The van der Waals surface area contributed by atoms with Crippen molar-refractivity contribution in [1.29, 1.82) is 0 Å². The number of carboxylic acids is 1. The Hall–Kier alpha value is -1.12. The number of nitrogens with zero attached hydrogens (tertiary/aromatic N) is 2. The second kappa shape index (κ2) is 5.68. The Morgan fingerprint density at radius 3 is 2.72 bits per heavy atom. The Balaban J connectivity index is 2.36. The minimum Gasteiger partial charge on any atom is -0.478 e. The van der Waals surface area contributed by atoms with Crippen molar-refractivity contribution in [2.45, 2.75) is 13.6 Å². The molecule has 0 unspecified atom stereocenters. The number of carbonyl (C=O) groups is 1. The number of thioether (sulfide) groups is 1. The first-order valence-electron chi connectivity index (χ1n) is 4.69. The summed E-state index contributed by atoms with van der Waals surface area (Å²) in [5, 5.41) is 16.8. The number of benzene rings is 1. The van der Waals surface area contributed by atoms with Gasteiger partial charge in [0.25, 0.3) is 0 Å². The summed E-state index contributed by atoms with van der Waals surface area (Å²) in [5.74, 6) is -1.73. The highest BCUT2D eigenvalue weighted by Gasteiger charge is 2.17. The molecule has 0 aliphatic carbocycles. The number of hydrogen-bond acceptors (Lipinski definition) is 6. The minimum absolute atomic E-state index is 0.0637. The van der Waals surface area contributed by atoms with Crippen molar-refractivity contribution in [2.75, 3.05) is 6.26 Å². The maximum atomic E-state index is 13.7. The zero-order valence-electron chi connectivity index (χ0n) is 9.08. The fourth-order valence-corrected chi connectivity index (χ4v) is 3.69. The number of aromatic carboxylic acids is 1. The molecule has 4 nitrogen and oxygen atoms in total. The Labute approximate surface area is 115 Å². The fraction of sp³-hybridized carbons (Fsp3) is 0.100. The van der Waals surface area contributed by atoms with E-state index in [0.29, 0.717) is 4.34 Å². The SMILES string of the molecule is CSc1nnc(Sc2c(F)cccc2C(=O)O)s1. The highest BCUT2D eigenvalue weighted by atomic mass is 32.2. The standard InChI is InChI=1S/C10H7FN2O2S3/c1-16-9-12-13-10(18-9)17-7-5(8(14)15)3-2-4-6(7)11/h2-4H,1H3,(H,14,15). The first kappa shape index (κ1) is 13.3. The normalized spacial score (nSPS) is 10.6. The van der Waals surface area contributed by atoms with Crippen LogP contribution in [0.25, 0.3) is 0 Å². The summed E-state index contributed by atoms with van der Waals surface area (Å²) >= 11 is 3.72. The molecule has 2 rings (SSSR count). The first-order valence-corrected chi connectivity index (χ1v) is 7.54. The predicted molar refractivity (Wildman–Crippen MR) is 69.2 cm³/mol. The van der Waals surface area contributed by atoms with Gasteiger partial charge in [0.15, 0.2) is 8.68 Å². The van der Waals surface area contributed by atoms with Gasteiger partial charge in [0.05, 0.1) is 10.5 Å². The van der Waals surface area contributed by atoms with Crippen molar-refractivity contribution < 1.29 is 14.3 Å². The van der Waals surface area contributed by atoms with Gasteiger partial charge in [0.2, 0.25) is 0 Å². The van der Waals surface area contributed by atoms with Gasteiger partial charge in [0.1, 0.15) is 5.82 Å². The molecule has 94 valence electrons. The Morgan fingerprint density at radius 1 is 1.39 bits per heavy atom. The van der Waals surface area contributed by atoms with E-state index in [1.165, 1.54) is 41.3 Å². The molecule has 0 spiro atoms. The Kier molecular flexibility index (Phi) is 4.20. The van der Waals surface area contributed by atoms with Gasteiger partial charge in [0, 0.05) is 0 Å². The van der Waals surface area contributed by atoms with E-state index in [-0.39, 0.29) is 10.5 Å². The van der Waals surface area contributed by atoms with Crippen molar-refractivity contribution in [3.8, 4) is 0 Å². The van der Waals surface area contributed by atoms with E-state index in [9.17, 15) is 9.18 Å². The number of halogens is 1. The largest absolute Gasteiger partial charge is 0.478 e. The zero-order chi connectivity index (χ0) is 13.1. The zero-order valence-corrected chi connectivity index (χ0v) is 11.5. The molecule has 0 saturated carbocycles. The van der Waals surface area contributed by atoms with Gasteiger partial charge in [-0.05, 0) is 18.4 Å². The van der Waals surface area contributed by atoms with E-state index in [1.807, 2.05) is 6.26 Å². The lowest BCUT2D eigenvalue weighted by Gasteiger charge is -2.03. The lowest BCUT2D eigenvalue weighted by molar-refractivity contribution is 0.0692. The van der Waals surface area contributed by atoms with E-state index < -0.39 is 11.8 Å². The lowest BCUT2D eigenvalue weighted by atomic mass is 10.2. The third-order valence-corrected chi connectivity index (χ3v) is 5.02. The Morgan fingerprint density at radius 2 is 2.11 bits per heavy atom. The number of rotatable bonds is 4. The molecule has 0 radical (unpaired) electrons. The molecular formula is C10H7FN2O2S3. The van der Waals surface area contributed by atoms with Crippen LogP contribution in [-0.4, -0.2) is 27.5 Å². The lowest BCUT2D eigenvalue weighted by Crippen LogP contribution is -2.00. The molecule has 0 aliphatic heterocycles. The number of carboxylic acid groups (broad SMARTS) is 1. The highest BCUT2D eigenvalue weighted by Crippen LogP contribution is 2.36. The van der Waals surface area contributed by atoms with Crippen LogP contribution in [0.1, 0.15) is 10.4 Å². The quantitative estimate of drug-likeness (QED) is 0.875. The van der Waals surface area contributed by atoms with E-state index >= 15 is 0 Å². The molecule has 2 aromatic rings. The molecule has 1 N–H and O–H groups in total. The van der Waals surface area contributed by atoms with Crippen LogP contribution in [0.4, 0.5) is 4.39 Å². The Bertz CT molecular complexity index is 588. The molecule has 8 heteroatoms. The molecule has 18 heavy (non-hydrogen) atoms. The summed E-state index contributed by atoms with van der Waals surface area (Å²) < 4.78 is 14.9. The van der Waals surface area contributed by atoms with Crippen LogP contribution in [0.2, 0.25) is 0 Å². The number of aromatic nitrogens is 2. The minimum atomic E-state index is -1.16. The van der Waals surface area contributed by atoms with Gasteiger partial charge in [-0.2, -0.15) is 0 Å². The van der Waals surface area contributed by atoms with Gasteiger partial charge in [-0.25, -0.2) is 9.18 Å². The highest BCUT2D eigenvalue weighted by molar-refractivity contribution is 8.03. The molecule has 0 bridgehead atoms. The van der Waals surface area contributed by atoms with Gasteiger partial charge >= 0.3 is 5.97 Å². The maximum Gasteiger partial charge on any atom is 0.336 e. The second-order valence-corrected chi connectivity index (χ2v) is 6.35. The fourth-order valence-electron chi connectivity index (χ4n) is 1.19. The number of hydrogen-bond donors (Lipinski definition) is 1. The van der Waals surface area contributed by atoms with Gasteiger partial charge in [-0.1, -0.05) is 40.9 Å². The summed E-state index contributed by atoms with van der Waals surface area (Å²) in [7, 11) is 0. The van der Waals surface area contributed by atoms with Gasteiger partial charge in [-0.3, -0.25) is 0 Å². The van der Waals surface area contributed by atoms with Crippen LogP contribution in [-0.2, 0) is 0 Å². The van der Waals surface area contributed by atoms with E-state index in [1.54, 1.807) is 0 Å². The van der Waals surface area contributed by atoms with Crippen molar-refractivity contribution in [3.63, 3.8) is 0 Å². The van der Waals surface area contributed by atoms with Crippen LogP contribution >= 0.6 is 34.9 Å². The molecule has 0 fully saturated rings. The summed E-state index contributed by atoms with van der Waals surface area (Å²) in [5.41, 5.74) is -0.0686. The van der Waals surface area contributed by atoms with Crippen LogP contribution in [0.15, 0.2) is 31.8 Å². The third kappa shape index (κ3) is 2.82. The molecule has 0 atom stereocenters. The van der Waals surface area contributed by atoms with Crippen LogP contribution in [0.5, 0.6) is 0 Å². The molecular weight excluding hydrogens is 295 g/mol. The summed E-state index contributed by atoms with van der Waals surface area (Å²) in [6.07, 6.45) is 1.86. The molecule has 0 saturated heterocycles. The van der Waals surface area contributed by atoms with Crippen LogP contribution in [0, 0.1) is 5.82 Å². The van der Waals surface area contributed by atoms with Crippen molar-refractivity contribution in [2.24, 2.45) is 0 Å². The van der Waals surface area contributed by atoms with E-state index in [2.05, 4.69) is 10.2 Å². The summed E-state index contributed by atoms with van der Waals surface area (Å²) in [4.78, 5) is 11.1.